The summed E-state index contributed by atoms with van der Waals surface area (Å²) in [6.45, 7) is 4.84. The summed E-state index contributed by atoms with van der Waals surface area (Å²) in [5, 5.41) is 14.8. The van der Waals surface area contributed by atoms with Gasteiger partial charge in [0.05, 0.1) is 0 Å². The average Bonchev–Trinajstić information content (AvgIpc) is 2.46. The minimum atomic E-state index is -0.165. The van der Waals surface area contributed by atoms with Crippen LogP contribution in [0.15, 0.2) is 24.3 Å². The highest BCUT2D eigenvalue weighted by Crippen LogP contribution is 2.14. The Morgan fingerprint density at radius 3 is 2.57 bits per heavy atom. The Bertz CT molecular complexity index is 417. The number of aryl methyl sites for hydroxylation is 1. The number of aliphatic hydroxyl groups excluding tert-OH is 1. The molecule has 3 N–H and O–H groups in total. The van der Waals surface area contributed by atoms with Gasteiger partial charge in [-0.2, -0.15) is 11.8 Å². The number of nitrogens with one attached hydrogen (secondary N) is 2. The standard InChI is InChI=1S/C16H26N2O2S/c1-12-4-6-14(7-5-12)13(2)10-17-16(20)18-15(8-9-19)11-21-3/h4-7,13,15,19H,8-11H2,1-3H3,(H2,17,18,20). The highest BCUT2D eigenvalue weighted by Gasteiger charge is 2.12. The summed E-state index contributed by atoms with van der Waals surface area (Å²) < 4.78 is 0. The van der Waals surface area contributed by atoms with E-state index in [1.165, 1.54) is 11.1 Å². The lowest BCUT2D eigenvalue weighted by atomic mass is 10.0. The van der Waals surface area contributed by atoms with Gasteiger partial charge < -0.3 is 15.7 Å². The van der Waals surface area contributed by atoms with Crippen molar-refractivity contribution in [2.75, 3.05) is 25.2 Å². The number of carbonyl (C=O) groups is 1. The minimum Gasteiger partial charge on any atom is -0.396 e. The lowest BCUT2D eigenvalue weighted by molar-refractivity contribution is 0.231. The highest BCUT2D eigenvalue weighted by atomic mass is 32.2. The molecular weight excluding hydrogens is 284 g/mol. The van der Waals surface area contributed by atoms with Crippen LogP contribution in [0.2, 0.25) is 0 Å². The third-order valence-electron chi connectivity index (χ3n) is 3.40. The zero-order chi connectivity index (χ0) is 15.7. The summed E-state index contributed by atoms with van der Waals surface area (Å²) >= 11 is 1.66. The van der Waals surface area contributed by atoms with Crippen LogP contribution in [0.25, 0.3) is 0 Å². The fourth-order valence-corrected chi connectivity index (χ4v) is 2.70. The molecule has 0 spiro atoms. The molecular formula is C16H26N2O2S. The highest BCUT2D eigenvalue weighted by molar-refractivity contribution is 7.98. The van der Waals surface area contributed by atoms with Crippen molar-refractivity contribution in [1.82, 2.24) is 10.6 Å². The van der Waals surface area contributed by atoms with E-state index in [4.69, 9.17) is 5.11 Å². The summed E-state index contributed by atoms with van der Waals surface area (Å²) in [6, 6.07) is 8.22. The maximum atomic E-state index is 11.9. The van der Waals surface area contributed by atoms with E-state index in [1.807, 2.05) is 6.26 Å². The molecule has 2 amide bonds. The fraction of sp³-hybridized carbons (Fsp3) is 0.562. The van der Waals surface area contributed by atoms with E-state index in [2.05, 4.69) is 48.7 Å². The van der Waals surface area contributed by atoms with Gasteiger partial charge >= 0.3 is 6.03 Å². The molecule has 0 saturated carbocycles. The predicted octanol–water partition coefficient (Wildman–Crippen LogP) is 2.51. The summed E-state index contributed by atoms with van der Waals surface area (Å²) in [6.07, 6.45) is 2.57. The van der Waals surface area contributed by atoms with Gasteiger partial charge in [0, 0.05) is 24.9 Å². The Balaban J connectivity index is 2.39. The Morgan fingerprint density at radius 1 is 1.33 bits per heavy atom. The number of rotatable bonds is 8. The number of amides is 2. The zero-order valence-corrected chi connectivity index (χ0v) is 13.9. The smallest absolute Gasteiger partial charge is 0.315 e. The summed E-state index contributed by atoms with van der Waals surface area (Å²) in [5.41, 5.74) is 2.46. The van der Waals surface area contributed by atoms with E-state index in [9.17, 15) is 4.79 Å². The Labute approximate surface area is 131 Å². The van der Waals surface area contributed by atoms with Gasteiger partial charge in [0.2, 0.25) is 0 Å². The van der Waals surface area contributed by atoms with E-state index < -0.39 is 0 Å². The number of benzene rings is 1. The maximum Gasteiger partial charge on any atom is 0.315 e. The van der Waals surface area contributed by atoms with Crippen LogP contribution in [0.1, 0.15) is 30.4 Å². The van der Waals surface area contributed by atoms with Gasteiger partial charge in [-0.25, -0.2) is 4.79 Å². The molecule has 4 nitrogen and oxygen atoms in total. The molecule has 0 radical (unpaired) electrons. The summed E-state index contributed by atoms with van der Waals surface area (Å²) in [4.78, 5) is 11.9. The molecule has 1 aromatic rings. The maximum absolute atomic E-state index is 11.9. The van der Waals surface area contributed by atoms with E-state index in [0.717, 1.165) is 5.75 Å². The van der Waals surface area contributed by atoms with Crippen molar-refractivity contribution < 1.29 is 9.90 Å². The summed E-state index contributed by atoms with van der Waals surface area (Å²) in [5.74, 6) is 1.08. The molecule has 0 fully saturated rings. The summed E-state index contributed by atoms with van der Waals surface area (Å²) in [7, 11) is 0. The molecule has 0 heterocycles. The van der Waals surface area contributed by atoms with E-state index in [-0.39, 0.29) is 24.6 Å². The molecule has 5 heteroatoms. The van der Waals surface area contributed by atoms with Crippen molar-refractivity contribution in [3.63, 3.8) is 0 Å². The molecule has 1 rings (SSSR count). The van der Waals surface area contributed by atoms with Crippen LogP contribution in [0.3, 0.4) is 0 Å². The third kappa shape index (κ3) is 6.87. The van der Waals surface area contributed by atoms with Crippen LogP contribution >= 0.6 is 11.8 Å². The van der Waals surface area contributed by atoms with E-state index in [0.29, 0.717) is 13.0 Å². The number of thioether (sulfide) groups is 1. The third-order valence-corrected chi connectivity index (χ3v) is 4.13. The first-order valence-electron chi connectivity index (χ1n) is 7.27. The van der Waals surface area contributed by atoms with Crippen molar-refractivity contribution in [1.29, 1.82) is 0 Å². The fourth-order valence-electron chi connectivity index (χ4n) is 2.05. The van der Waals surface area contributed by atoms with Crippen LogP contribution in [0, 0.1) is 6.92 Å². The van der Waals surface area contributed by atoms with Crippen LogP contribution in [-0.4, -0.2) is 42.3 Å². The molecule has 0 aliphatic heterocycles. The number of hydrogen-bond acceptors (Lipinski definition) is 3. The SMILES string of the molecule is CSCC(CCO)NC(=O)NCC(C)c1ccc(C)cc1. The molecule has 2 atom stereocenters. The largest absolute Gasteiger partial charge is 0.396 e. The zero-order valence-electron chi connectivity index (χ0n) is 13.1. The number of hydrogen-bond donors (Lipinski definition) is 3. The quantitative estimate of drug-likeness (QED) is 0.691. The van der Waals surface area contributed by atoms with Gasteiger partial charge in [0.25, 0.3) is 0 Å². The van der Waals surface area contributed by atoms with Gasteiger partial charge in [0.15, 0.2) is 0 Å². The molecule has 0 aliphatic carbocycles. The first kappa shape index (κ1) is 17.9. The van der Waals surface area contributed by atoms with Crippen LogP contribution < -0.4 is 10.6 Å². The number of urea groups is 1. The Hall–Kier alpha value is -1.20. The first-order valence-corrected chi connectivity index (χ1v) is 8.67. The minimum absolute atomic E-state index is 0.0136. The topological polar surface area (TPSA) is 61.4 Å². The van der Waals surface area contributed by atoms with Crippen LogP contribution in [0.4, 0.5) is 4.79 Å². The van der Waals surface area contributed by atoms with Crippen LogP contribution in [-0.2, 0) is 0 Å². The van der Waals surface area contributed by atoms with Gasteiger partial charge in [0.1, 0.15) is 0 Å². The molecule has 0 saturated heterocycles. The second-order valence-electron chi connectivity index (χ2n) is 5.33. The lowest BCUT2D eigenvalue weighted by Crippen LogP contribution is -2.44. The molecule has 1 aromatic carbocycles. The molecule has 118 valence electrons. The molecule has 0 aromatic heterocycles. The lowest BCUT2D eigenvalue weighted by Gasteiger charge is -2.19. The second-order valence-corrected chi connectivity index (χ2v) is 6.24. The van der Waals surface area contributed by atoms with Crippen molar-refractivity contribution in [2.24, 2.45) is 0 Å². The molecule has 0 bridgehead atoms. The average molecular weight is 310 g/mol. The van der Waals surface area contributed by atoms with Crippen molar-refractivity contribution in [2.45, 2.75) is 32.2 Å². The number of carbonyl (C=O) groups excluding carboxylic acids is 1. The van der Waals surface area contributed by atoms with E-state index in [1.54, 1.807) is 11.8 Å². The Morgan fingerprint density at radius 2 is 2.00 bits per heavy atom. The van der Waals surface area contributed by atoms with Gasteiger partial charge in [-0.05, 0) is 31.1 Å². The normalized spacial score (nSPS) is 13.5. The van der Waals surface area contributed by atoms with E-state index >= 15 is 0 Å². The van der Waals surface area contributed by atoms with Gasteiger partial charge in [-0.1, -0.05) is 36.8 Å². The van der Waals surface area contributed by atoms with Gasteiger partial charge in [-0.3, -0.25) is 0 Å². The predicted molar refractivity (Wildman–Crippen MR) is 90.0 cm³/mol. The Kier molecular flexibility index (Phi) is 8.23. The van der Waals surface area contributed by atoms with Crippen molar-refractivity contribution >= 4 is 17.8 Å². The molecule has 21 heavy (non-hydrogen) atoms. The second kappa shape index (κ2) is 9.68. The van der Waals surface area contributed by atoms with Crippen LogP contribution in [0.5, 0.6) is 0 Å². The molecule has 2 unspecified atom stereocenters. The monoisotopic (exact) mass is 310 g/mol. The first-order chi connectivity index (χ1) is 10.1. The van der Waals surface area contributed by atoms with Gasteiger partial charge in [-0.15, -0.1) is 0 Å². The number of aliphatic hydroxyl groups is 1. The van der Waals surface area contributed by atoms with Crippen molar-refractivity contribution in [3.05, 3.63) is 35.4 Å². The van der Waals surface area contributed by atoms with Crippen molar-refractivity contribution in [3.8, 4) is 0 Å². The molecule has 0 aliphatic rings.